The average molecular weight is 244 g/mol. The van der Waals surface area contributed by atoms with Gasteiger partial charge in [-0.3, -0.25) is 0 Å². The van der Waals surface area contributed by atoms with Crippen LogP contribution >= 0.6 is 0 Å². The van der Waals surface area contributed by atoms with E-state index >= 15 is 0 Å². The Kier molecular flexibility index (Phi) is 3.96. The van der Waals surface area contributed by atoms with Gasteiger partial charge < -0.3 is 10.2 Å². The molecule has 3 fully saturated rings. The summed E-state index contributed by atoms with van der Waals surface area (Å²) in [5.74, 6) is 1.91. The highest BCUT2D eigenvalue weighted by atomic mass is 15.2. The molecule has 3 aliphatic heterocycles. The predicted octanol–water partition coefficient (Wildman–Crippen LogP) is 2.16. The van der Waals surface area contributed by atoms with Gasteiger partial charge in [0.05, 0.1) is 0 Å². The third-order valence-electron chi connectivity index (χ3n) is 4.63. The Hall–Kier alpha value is -0.860. The molecule has 3 heterocycles. The van der Waals surface area contributed by atoms with E-state index in [1.54, 1.807) is 0 Å². The van der Waals surface area contributed by atoms with Crippen LogP contribution in [-0.2, 0) is 6.42 Å². The third kappa shape index (κ3) is 2.93. The van der Waals surface area contributed by atoms with Crippen LogP contribution in [0.2, 0.25) is 0 Å². The van der Waals surface area contributed by atoms with Crippen LogP contribution in [0.5, 0.6) is 0 Å². The topological polar surface area (TPSA) is 15.3 Å². The first-order valence-corrected chi connectivity index (χ1v) is 7.39. The zero-order valence-electron chi connectivity index (χ0n) is 11.1. The van der Waals surface area contributed by atoms with Crippen molar-refractivity contribution in [2.24, 2.45) is 11.8 Å². The Balaban J connectivity index is 1.38. The van der Waals surface area contributed by atoms with Crippen molar-refractivity contribution in [2.75, 3.05) is 32.7 Å². The maximum atomic E-state index is 3.66. The molecule has 1 aromatic rings. The summed E-state index contributed by atoms with van der Waals surface area (Å²) in [6, 6.07) is 10.8. The highest BCUT2D eigenvalue weighted by Gasteiger charge is 2.33. The van der Waals surface area contributed by atoms with Gasteiger partial charge >= 0.3 is 0 Å². The molecular formula is C16H24N2. The maximum absolute atomic E-state index is 3.66. The van der Waals surface area contributed by atoms with E-state index in [1.165, 1.54) is 44.6 Å². The smallest absolute Gasteiger partial charge is 0.00245 e. The minimum absolute atomic E-state index is 0.906. The fourth-order valence-corrected chi connectivity index (χ4v) is 3.48. The summed E-state index contributed by atoms with van der Waals surface area (Å²) in [5.41, 5.74) is 1.44. The van der Waals surface area contributed by atoms with Crippen molar-refractivity contribution >= 4 is 0 Å². The van der Waals surface area contributed by atoms with E-state index in [9.17, 15) is 0 Å². The molecule has 4 rings (SSSR count). The molecule has 1 aromatic carbocycles. The van der Waals surface area contributed by atoms with Crippen molar-refractivity contribution in [2.45, 2.75) is 19.3 Å². The molecule has 0 saturated carbocycles. The van der Waals surface area contributed by atoms with Crippen molar-refractivity contribution in [1.29, 1.82) is 0 Å². The summed E-state index contributed by atoms with van der Waals surface area (Å²) in [7, 11) is 0. The maximum Gasteiger partial charge on any atom is 0.00245 e. The van der Waals surface area contributed by atoms with Crippen LogP contribution in [0.25, 0.3) is 0 Å². The van der Waals surface area contributed by atoms with Gasteiger partial charge in [-0.25, -0.2) is 0 Å². The highest BCUT2D eigenvalue weighted by molar-refractivity contribution is 5.14. The summed E-state index contributed by atoms with van der Waals surface area (Å²) in [6.07, 6.45) is 4.03. The Bertz CT molecular complexity index is 355. The van der Waals surface area contributed by atoms with Crippen LogP contribution in [-0.4, -0.2) is 37.6 Å². The second-order valence-corrected chi connectivity index (χ2v) is 5.84. The van der Waals surface area contributed by atoms with E-state index in [4.69, 9.17) is 0 Å². The van der Waals surface area contributed by atoms with E-state index in [0.29, 0.717) is 0 Å². The lowest BCUT2D eigenvalue weighted by Crippen LogP contribution is -2.50. The third-order valence-corrected chi connectivity index (χ3v) is 4.63. The molecule has 98 valence electrons. The van der Waals surface area contributed by atoms with Gasteiger partial charge in [-0.15, -0.1) is 0 Å². The minimum atomic E-state index is 0.906. The van der Waals surface area contributed by atoms with Crippen molar-refractivity contribution in [1.82, 2.24) is 10.2 Å². The second-order valence-electron chi connectivity index (χ2n) is 5.84. The molecule has 0 amide bonds. The standard InChI is InChI=1S/C16H24N2/c1-2-4-14(5-3-1)6-9-17-12-16-13-18-10-7-15(16)8-11-18/h1-5,15-17H,6-13H2. The molecule has 0 aliphatic carbocycles. The number of hydrogen-bond donors (Lipinski definition) is 1. The summed E-state index contributed by atoms with van der Waals surface area (Å²) >= 11 is 0. The molecule has 2 heteroatoms. The van der Waals surface area contributed by atoms with Crippen LogP contribution < -0.4 is 5.32 Å². The average Bonchev–Trinajstić information content (AvgIpc) is 2.46. The molecule has 2 bridgehead atoms. The first kappa shape index (κ1) is 12.2. The first-order chi connectivity index (χ1) is 8.92. The van der Waals surface area contributed by atoms with Crippen LogP contribution in [0.15, 0.2) is 30.3 Å². The van der Waals surface area contributed by atoms with E-state index in [2.05, 4.69) is 40.5 Å². The van der Waals surface area contributed by atoms with Gasteiger partial charge in [0.1, 0.15) is 0 Å². The van der Waals surface area contributed by atoms with Crippen molar-refractivity contribution in [3.63, 3.8) is 0 Å². The minimum Gasteiger partial charge on any atom is -0.316 e. The molecule has 1 N–H and O–H groups in total. The van der Waals surface area contributed by atoms with Crippen LogP contribution in [0.1, 0.15) is 18.4 Å². The molecular weight excluding hydrogens is 220 g/mol. The van der Waals surface area contributed by atoms with Gasteiger partial charge in [0.15, 0.2) is 0 Å². The SMILES string of the molecule is c1ccc(CCNCC2CN3CCC2CC3)cc1. The second kappa shape index (κ2) is 5.85. The number of hydrogen-bond acceptors (Lipinski definition) is 2. The number of fused-ring (bicyclic) bond motifs is 3. The molecule has 3 saturated heterocycles. The molecule has 0 aromatic heterocycles. The highest BCUT2D eigenvalue weighted by Crippen LogP contribution is 2.31. The lowest BCUT2D eigenvalue weighted by molar-refractivity contribution is 0.0512. The van der Waals surface area contributed by atoms with Gasteiger partial charge in [-0.2, -0.15) is 0 Å². The summed E-state index contributed by atoms with van der Waals surface area (Å²) in [6.45, 7) is 6.38. The molecule has 0 spiro atoms. The monoisotopic (exact) mass is 244 g/mol. The zero-order valence-corrected chi connectivity index (χ0v) is 11.1. The fourth-order valence-electron chi connectivity index (χ4n) is 3.48. The lowest BCUT2D eigenvalue weighted by Gasteiger charge is -2.45. The van der Waals surface area contributed by atoms with E-state index in [-0.39, 0.29) is 0 Å². The Morgan fingerprint density at radius 1 is 1.11 bits per heavy atom. The fraction of sp³-hybridized carbons (Fsp3) is 0.625. The van der Waals surface area contributed by atoms with E-state index in [0.717, 1.165) is 24.8 Å². The molecule has 2 nitrogen and oxygen atoms in total. The predicted molar refractivity (Wildman–Crippen MR) is 75.7 cm³/mol. The first-order valence-electron chi connectivity index (χ1n) is 7.39. The van der Waals surface area contributed by atoms with Crippen LogP contribution in [0.4, 0.5) is 0 Å². The summed E-state index contributed by atoms with van der Waals surface area (Å²) in [4.78, 5) is 2.64. The number of benzene rings is 1. The largest absolute Gasteiger partial charge is 0.316 e. The van der Waals surface area contributed by atoms with Gasteiger partial charge in [-0.05, 0) is 62.8 Å². The van der Waals surface area contributed by atoms with Gasteiger partial charge in [0.2, 0.25) is 0 Å². The van der Waals surface area contributed by atoms with Crippen LogP contribution in [0.3, 0.4) is 0 Å². The van der Waals surface area contributed by atoms with E-state index in [1.807, 2.05) is 0 Å². The van der Waals surface area contributed by atoms with Gasteiger partial charge in [0.25, 0.3) is 0 Å². The van der Waals surface area contributed by atoms with E-state index < -0.39 is 0 Å². The van der Waals surface area contributed by atoms with Gasteiger partial charge in [-0.1, -0.05) is 30.3 Å². The molecule has 1 unspecified atom stereocenters. The summed E-state index contributed by atoms with van der Waals surface area (Å²) in [5, 5.41) is 3.66. The Morgan fingerprint density at radius 3 is 2.56 bits per heavy atom. The Morgan fingerprint density at radius 2 is 1.89 bits per heavy atom. The number of rotatable bonds is 5. The van der Waals surface area contributed by atoms with Crippen LogP contribution in [0, 0.1) is 11.8 Å². The lowest BCUT2D eigenvalue weighted by atomic mass is 9.79. The molecule has 0 radical (unpaired) electrons. The molecule has 1 atom stereocenters. The quantitative estimate of drug-likeness (QED) is 0.799. The van der Waals surface area contributed by atoms with Crippen molar-refractivity contribution in [3.8, 4) is 0 Å². The number of piperidine rings is 3. The molecule has 18 heavy (non-hydrogen) atoms. The number of nitrogens with zero attached hydrogens (tertiary/aromatic N) is 1. The summed E-state index contributed by atoms with van der Waals surface area (Å²) < 4.78 is 0. The Labute approximate surface area is 110 Å². The molecule has 3 aliphatic rings. The normalized spacial score (nSPS) is 30.6. The van der Waals surface area contributed by atoms with Gasteiger partial charge in [0, 0.05) is 6.54 Å². The van der Waals surface area contributed by atoms with Crippen molar-refractivity contribution in [3.05, 3.63) is 35.9 Å². The zero-order chi connectivity index (χ0) is 12.2. The van der Waals surface area contributed by atoms with Crippen molar-refractivity contribution < 1.29 is 0 Å². The number of nitrogens with one attached hydrogen (secondary N) is 1.